The van der Waals surface area contributed by atoms with Crippen LogP contribution in [0.5, 0.6) is 0 Å². The third-order valence-corrected chi connectivity index (χ3v) is 3.30. The van der Waals surface area contributed by atoms with E-state index < -0.39 is 5.60 Å². The van der Waals surface area contributed by atoms with Gasteiger partial charge in [0.25, 0.3) is 0 Å². The van der Waals surface area contributed by atoms with E-state index in [-0.39, 0.29) is 5.97 Å². The molecule has 0 aromatic heterocycles. The number of hydrogen-bond donors (Lipinski definition) is 0. The average Bonchev–Trinajstić information content (AvgIpc) is 2.29. The molecule has 90 valence electrons. The van der Waals surface area contributed by atoms with Gasteiger partial charge >= 0.3 is 5.97 Å². The van der Waals surface area contributed by atoms with Crippen LogP contribution in [0.4, 0.5) is 0 Å². The third-order valence-electron chi connectivity index (χ3n) is 3.30. The van der Waals surface area contributed by atoms with Crippen molar-refractivity contribution in [1.82, 2.24) is 0 Å². The van der Waals surface area contributed by atoms with Gasteiger partial charge in [-0.25, -0.2) is 4.79 Å². The zero-order valence-corrected chi connectivity index (χ0v) is 10.6. The topological polar surface area (TPSA) is 26.3 Å². The summed E-state index contributed by atoms with van der Waals surface area (Å²) in [5.41, 5.74) is 1.69. The Kier molecular flexibility index (Phi) is 3.05. The monoisotopic (exact) mass is 230 g/mol. The van der Waals surface area contributed by atoms with Gasteiger partial charge in [-0.15, -0.1) is 0 Å². The quantitative estimate of drug-likeness (QED) is 0.727. The predicted octanol–water partition coefficient (Wildman–Crippen LogP) is 3.43. The van der Waals surface area contributed by atoms with Crippen LogP contribution in [0.15, 0.2) is 42.0 Å². The number of rotatable bonds is 2. The normalized spacial score (nSPS) is 24.5. The summed E-state index contributed by atoms with van der Waals surface area (Å²) in [6, 6.07) is 9.94. The number of carbonyl (C=O) groups is 1. The zero-order valence-electron chi connectivity index (χ0n) is 10.6. The first-order chi connectivity index (χ1) is 8.01. The van der Waals surface area contributed by atoms with E-state index in [1.54, 1.807) is 6.08 Å². The van der Waals surface area contributed by atoms with E-state index in [0.29, 0.717) is 5.92 Å². The fourth-order valence-electron chi connectivity index (χ4n) is 2.20. The Morgan fingerprint density at radius 3 is 2.47 bits per heavy atom. The lowest BCUT2D eigenvalue weighted by Gasteiger charge is -2.35. The third kappa shape index (κ3) is 2.41. The molecule has 1 aromatic rings. The maximum atomic E-state index is 11.7. The molecule has 17 heavy (non-hydrogen) atoms. The van der Waals surface area contributed by atoms with Gasteiger partial charge in [-0.1, -0.05) is 49.8 Å². The Labute approximate surface area is 102 Å². The lowest BCUT2D eigenvalue weighted by atomic mass is 9.83. The molecule has 2 heteroatoms. The first-order valence-corrected chi connectivity index (χ1v) is 6.00. The molecular weight excluding hydrogens is 212 g/mol. The molecule has 0 saturated heterocycles. The van der Waals surface area contributed by atoms with Crippen LogP contribution in [0.1, 0.15) is 32.8 Å². The number of ether oxygens (including phenoxy) is 1. The Hall–Kier alpha value is -1.57. The standard InChI is InChI=1S/C15H18O2/c1-11(2)12-9-14(16)17-15(3,10-12)13-7-5-4-6-8-13/h4-9,11H,10H2,1-3H3/t15-/m1/s1. The maximum Gasteiger partial charge on any atom is 0.331 e. The summed E-state index contributed by atoms with van der Waals surface area (Å²) < 4.78 is 5.52. The van der Waals surface area contributed by atoms with Gasteiger partial charge in [0.05, 0.1) is 0 Å². The van der Waals surface area contributed by atoms with Gasteiger partial charge < -0.3 is 4.74 Å². The van der Waals surface area contributed by atoms with E-state index in [0.717, 1.165) is 17.6 Å². The molecule has 0 aliphatic carbocycles. The van der Waals surface area contributed by atoms with Crippen LogP contribution in [0.25, 0.3) is 0 Å². The minimum absolute atomic E-state index is 0.230. The second kappa shape index (κ2) is 4.36. The lowest BCUT2D eigenvalue weighted by Crippen LogP contribution is -2.33. The van der Waals surface area contributed by atoms with Crippen molar-refractivity contribution in [3.63, 3.8) is 0 Å². The molecule has 1 aliphatic rings. The summed E-state index contributed by atoms with van der Waals surface area (Å²) in [6.07, 6.45) is 2.41. The van der Waals surface area contributed by atoms with Crippen molar-refractivity contribution in [2.24, 2.45) is 5.92 Å². The van der Waals surface area contributed by atoms with E-state index in [2.05, 4.69) is 13.8 Å². The molecule has 0 amide bonds. The van der Waals surface area contributed by atoms with E-state index in [1.807, 2.05) is 37.3 Å². The van der Waals surface area contributed by atoms with Crippen molar-refractivity contribution in [2.75, 3.05) is 0 Å². The fraction of sp³-hybridized carbons (Fsp3) is 0.400. The highest BCUT2D eigenvalue weighted by atomic mass is 16.6. The Morgan fingerprint density at radius 2 is 1.88 bits per heavy atom. The molecular formula is C15H18O2. The van der Waals surface area contributed by atoms with E-state index in [9.17, 15) is 4.79 Å². The number of carbonyl (C=O) groups excluding carboxylic acids is 1. The highest BCUT2D eigenvalue weighted by molar-refractivity contribution is 5.84. The summed E-state index contributed by atoms with van der Waals surface area (Å²) >= 11 is 0. The molecule has 0 saturated carbocycles. The minimum atomic E-state index is -0.521. The molecule has 0 spiro atoms. The van der Waals surface area contributed by atoms with Crippen LogP contribution in [-0.2, 0) is 15.1 Å². The molecule has 0 unspecified atom stereocenters. The summed E-state index contributed by atoms with van der Waals surface area (Å²) in [7, 11) is 0. The summed E-state index contributed by atoms with van der Waals surface area (Å²) in [5.74, 6) is 0.150. The molecule has 0 radical (unpaired) electrons. The van der Waals surface area contributed by atoms with Gasteiger partial charge in [0.2, 0.25) is 0 Å². The van der Waals surface area contributed by atoms with Crippen LogP contribution in [0.2, 0.25) is 0 Å². The smallest absolute Gasteiger partial charge is 0.331 e. The minimum Gasteiger partial charge on any atom is -0.451 e. The number of benzene rings is 1. The molecule has 0 bridgehead atoms. The van der Waals surface area contributed by atoms with Gasteiger partial charge in [0.15, 0.2) is 0 Å². The zero-order chi connectivity index (χ0) is 12.5. The van der Waals surface area contributed by atoms with Gasteiger partial charge in [0.1, 0.15) is 5.60 Å². The van der Waals surface area contributed by atoms with Crippen LogP contribution in [0.3, 0.4) is 0 Å². The average molecular weight is 230 g/mol. The van der Waals surface area contributed by atoms with Crippen LogP contribution >= 0.6 is 0 Å². The molecule has 2 rings (SSSR count). The van der Waals surface area contributed by atoms with Gasteiger partial charge in [-0.05, 0) is 18.4 Å². The van der Waals surface area contributed by atoms with Crippen molar-refractivity contribution in [3.05, 3.63) is 47.5 Å². The molecule has 1 atom stereocenters. The Balaban J connectivity index is 2.35. The first kappa shape index (κ1) is 11.9. The highest BCUT2D eigenvalue weighted by Crippen LogP contribution is 2.37. The van der Waals surface area contributed by atoms with Crippen molar-refractivity contribution >= 4 is 5.97 Å². The Bertz CT molecular complexity index is 445. The summed E-state index contributed by atoms with van der Waals surface area (Å²) in [6.45, 7) is 6.20. The Morgan fingerprint density at radius 1 is 1.24 bits per heavy atom. The van der Waals surface area contributed by atoms with Crippen LogP contribution < -0.4 is 0 Å². The molecule has 1 aliphatic heterocycles. The number of esters is 1. The molecule has 0 N–H and O–H groups in total. The van der Waals surface area contributed by atoms with E-state index in [4.69, 9.17) is 4.74 Å². The predicted molar refractivity (Wildman–Crippen MR) is 67.4 cm³/mol. The fourth-order valence-corrected chi connectivity index (χ4v) is 2.20. The highest BCUT2D eigenvalue weighted by Gasteiger charge is 2.35. The molecule has 1 heterocycles. The summed E-state index contributed by atoms with van der Waals surface area (Å²) in [4.78, 5) is 11.7. The molecule has 2 nitrogen and oxygen atoms in total. The second-order valence-electron chi connectivity index (χ2n) is 5.07. The number of cyclic esters (lactones) is 1. The van der Waals surface area contributed by atoms with Crippen LogP contribution in [0, 0.1) is 5.92 Å². The SMILES string of the molecule is CC(C)C1=CC(=O)O[C@@](C)(c2ccccc2)C1. The largest absolute Gasteiger partial charge is 0.451 e. The summed E-state index contributed by atoms with van der Waals surface area (Å²) in [5, 5.41) is 0. The van der Waals surface area contributed by atoms with Gasteiger partial charge in [-0.3, -0.25) is 0 Å². The maximum absolute atomic E-state index is 11.7. The van der Waals surface area contributed by atoms with Crippen molar-refractivity contribution in [3.8, 4) is 0 Å². The van der Waals surface area contributed by atoms with E-state index in [1.165, 1.54) is 0 Å². The van der Waals surface area contributed by atoms with E-state index >= 15 is 0 Å². The second-order valence-corrected chi connectivity index (χ2v) is 5.07. The molecule has 0 fully saturated rings. The lowest BCUT2D eigenvalue weighted by molar-refractivity contribution is -0.155. The first-order valence-electron chi connectivity index (χ1n) is 6.00. The van der Waals surface area contributed by atoms with Crippen LogP contribution in [-0.4, -0.2) is 5.97 Å². The molecule has 1 aromatic carbocycles. The van der Waals surface area contributed by atoms with Gasteiger partial charge in [0, 0.05) is 12.5 Å². The number of hydrogen-bond acceptors (Lipinski definition) is 2. The van der Waals surface area contributed by atoms with Crippen molar-refractivity contribution < 1.29 is 9.53 Å². The van der Waals surface area contributed by atoms with Crippen molar-refractivity contribution in [1.29, 1.82) is 0 Å². The van der Waals surface area contributed by atoms with Gasteiger partial charge in [-0.2, -0.15) is 0 Å². The van der Waals surface area contributed by atoms with Crippen molar-refractivity contribution in [2.45, 2.75) is 32.8 Å².